The Balaban J connectivity index is 1.06. The Morgan fingerprint density at radius 1 is 0.785 bits per heavy atom. The van der Waals surface area contributed by atoms with Crippen molar-refractivity contribution in [2.75, 3.05) is 65.4 Å². The van der Waals surface area contributed by atoms with Crippen LogP contribution in [0.2, 0.25) is 0 Å². The third-order valence-electron chi connectivity index (χ3n) is 13.5. The molecule has 0 bridgehead atoms. The van der Waals surface area contributed by atoms with Gasteiger partial charge in [0.1, 0.15) is 23.9 Å². The summed E-state index contributed by atoms with van der Waals surface area (Å²) in [4.78, 5) is 93.6. The monoisotopic (exact) mass is 931 g/mol. The lowest BCUT2D eigenvalue weighted by Crippen LogP contribution is -2.57. The van der Waals surface area contributed by atoms with Gasteiger partial charge in [-0.25, -0.2) is 9.36 Å². The van der Waals surface area contributed by atoms with Crippen LogP contribution in [0.15, 0.2) is 24.3 Å². The van der Waals surface area contributed by atoms with E-state index in [0.717, 1.165) is 32.7 Å². The number of hydrogen-bond donors (Lipinski definition) is 6. The minimum Gasteiger partial charge on any atom is -0.404 e. The van der Waals surface area contributed by atoms with Gasteiger partial charge in [0.2, 0.25) is 23.6 Å². The van der Waals surface area contributed by atoms with E-state index < -0.39 is 31.9 Å². The fraction of sp³-hybridized carbons (Fsp3) is 0.766. The quantitative estimate of drug-likeness (QED) is 0.0473. The van der Waals surface area contributed by atoms with E-state index in [1.807, 2.05) is 0 Å². The number of nitrogens with zero attached hydrogens (tertiary/aromatic N) is 4. The second-order valence-corrected chi connectivity index (χ2v) is 19.7. The van der Waals surface area contributed by atoms with E-state index in [-0.39, 0.29) is 54.9 Å². The Bertz CT molecular complexity index is 1690. The molecule has 366 valence electrons. The van der Waals surface area contributed by atoms with Crippen LogP contribution >= 0.6 is 7.82 Å². The van der Waals surface area contributed by atoms with E-state index in [9.17, 15) is 38.3 Å². The first-order valence-electron chi connectivity index (χ1n) is 24.9. The van der Waals surface area contributed by atoms with Crippen molar-refractivity contribution in [1.82, 2.24) is 40.9 Å². The number of carbonyl (C=O) groups is 5. The van der Waals surface area contributed by atoms with Crippen molar-refractivity contribution in [3.63, 3.8) is 0 Å². The minimum atomic E-state index is -4.77. The average Bonchev–Trinajstić information content (AvgIpc) is 3.87. The molecule has 0 spiro atoms. The van der Waals surface area contributed by atoms with E-state index in [4.69, 9.17) is 0 Å². The van der Waals surface area contributed by atoms with E-state index in [1.165, 1.54) is 102 Å². The third-order valence-corrected chi connectivity index (χ3v) is 14.0. The van der Waals surface area contributed by atoms with Gasteiger partial charge in [-0.15, -0.1) is 0 Å². The van der Waals surface area contributed by atoms with Gasteiger partial charge in [0.05, 0.1) is 0 Å². The maximum absolute atomic E-state index is 14.1. The lowest BCUT2D eigenvalue weighted by molar-refractivity contribution is -0.143. The molecular formula is C47H79N8O9P. The van der Waals surface area contributed by atoms with Crippen LogP contribution in [0.4, 0.5) is 4.79 Å². The Kier molecular flexibility index (Phi) is 22.3. The molecule has 6 amide bonds. The largest absolute Gasteiger partial charge is 0.524 e. The molecule has 0 aromatic heterocycles. The highest BCUT2D eigenvalue weighted by atomic mass is 31.2. The first-order valence-corrected chi connectivity index (χ1v) is 26.4. The molecule has 17 nitrogen and oxygen atoms in total. The third kappa shape index (κ3) is 18.4. The fourth-order valence-electron chi connectivity index (χ4n) is 9.74. The fourth-order valence-corrected chi connectivity index (χ4v) is 10.1. The SMILES string of the molecule is CCCCCCCCCCCCCCCCN1CCN(CCC(=O)N[C@@H](Cc2ccc(OP(=O)(O)O)cc2)C(=O)N[C@H]2CCCC3CC[C@@H](C(=O)NCCN4CCNC4=O)N3C2=O)CC1. The molecule has 5 rings (SSSR count). The number of hydrogen-bond acceptors (Lipinski definition) is 9. The highest BCUT2D eigenvalue weighted by Gasteiger charge is 2.45. The number of phosphoric acid groups is 1. The Labute approximate surface area is 387 Å². The van der Waals surface area contributed by atoms with E-state index in [1.54, 1.807) is 21.9 Å². The highest BCUT2D eigenvalue weighted by molar-refractivity contribution is 7.46. The van der Waals surface area contributed by atoms with Crippen molar-refractivity contribution < 1.29 is 42.8 Å². The Hall–Kier alpha value is -3.76. The van der Waals surface area contributed by atoms with Crippen molar-refractivity contribution >= 4 is 37.5 Å². The molecule has 1 aromatic carbocycles. The number of rotatable bonds is 29. The van der Waals surface area contributed by atoms with Gasteiger partial charge < -0.3 is 45.4 Å². The van der Waals surface area contributed by atoms with Crippen LogP contribution in [0, 0.1) is 0 Å². The lowest BCUT2D eigenvalue weighted by atomic mass is 10.0. The molecule has 4 heterocycles. The summed E-state index contributed by atoms with van der Waals surface area (Å²) in [7, 11) is -4.77. The zero-order valence-electron chi connectivity index (χ0n) is 39.0. The second kappa shape index (κ2) is 27.8. The molecule has 4 saturated heterocycles. The van der Waals surface area contributed by atoms with Gasteiger partial charge in [-0.2, -0.15) is 0 Å². The van der Waals surface area contributed by atoms with Gasteiger partial charge in [-0.3, -0.25) is 29.0 Å². The first kappa shape index (κ1) is 52.2. The Morgan fingerprint density at radius 3 is 2.00 bits per heavy atom. The summed E-state index contributed by atoms with van der Waals surface area (Å²) < 4.78 is 16.1. The standard InChI is InChI=1S/C47H79N8O9P/c1-2-3-4-5-6-7-8-9-10-11-12-13-14-15-28-52-32-34-53(35-33-52)29-25-43(56)50-41(36-37-19-22-39(23-20-37)64-65(61,62)63)44(57)51-40-18-16-17-38-21-24-42(55(38)46(40)59)45(58)48-26-30-54-31-27-49-47(54)60/h19-20,22-23,38,40-42H,2-18,21,24-36H2,1H3,(H,48,58)(H,49,60)(H,50,56)(H,51,57)(H2,61,62,63)/t38?,40-,41-,42-/m0/s1. The average molecular weight is 931 g/mol. The number of carbonyl (C=O) groups excluding carboxylic acids is 5. The molecule has 4 atom stereocenters. The van der Waals surface area contributed by atoms with Crippen molar-refractivity contribution in [3.05, 3.63) is 29.8 Å². The molecule has 0 aliphatic carbocycles. The second-order valence-electron chi connectivity index (χ2n) is 18.6. The summed E-state index contributed by atoms with van der Waals surface area (Å²) in [6, 6.07) is 2.99. The number of fused-ring (bicyclic) bond motifs is 1. The summed E-state index contributed by atoms with van der Waals surface area (Å²) in [5.41, 5.74) is 0.605. The van der Waals surface area contributed by atoms with Crippen LogP contribution < -0.4 is 25.8 Å². The Morgan fingerprint density at radius 2 is 1.40 bits per heavy atom. The highest BCUT2D eigenvalue weighted by Crippen LogP contribution is 2.37. The number of urea groups is 1. The van der Waals surface area contributed by atoms with Crippen molar-refractivity contribution in [2.45, 2.75) is 166 Å². The molecule has 6 N–H and O–H groups in total. The number of nitrogens with one attached hydrogen (secondary N) is 4. The van der Waals surface area contributed by atoms with Crippen molar-refractivity contribution in [1.29, 1.82) is 0 Å². The molecule has 1 unspecified atom stereocenters. The number of phosphoric ester groups is 1. The zero-order valence-corrected chi connectivity index (χ0v) is 39.9. The molecule has 4 aliphatic rings. The topological polar surface area (TPSA) is 213 Å². The minimum absolute atomic E-state index is 0.0452. The van der Waals surface area contributed by atoms with Crippen LogP contribution in [-0.2, 0) is 30.2 Å². The van der Waals surface area contributed by atoms with Crippen LogP contribution in [0.1, 0.15) is 141 Å². The van der Waals surface area contributed by atoms with Crippen LogP contribution in [0.25, 0.3) is 0 Å². The van der Waals surface area contributed by atoms with Gasteiger partial charge in [0, 0.05) is 77.8 Å². The van der Waals surface area contributed by atoms with Crippen molar-refractivity contribution in [2.24, 2.45) is 0 Å². The molecule has 1 aromatic rings. The summed E-state index contributed by atoms with van der Waals surface area (Å²) in [6.45, 7) is 9.34. The van der Waals surface area contributed by atoms with Gasteiger partial charge in [0.25, 0.3) is 0 Å². The van der Waals surface area contributed by atoms with Gasteiger partial charge in [0.15, 0.2) is 0 Å². The smallest absolute Gasteiger partial charge is 0.404 e. The first-order chi connectivity index (χ1) is 31.4. The molecule has 18 heteroatoms. The van der Waals surface area contributed by atoms with Gasteiger partial charge >= 0.3 is 13.9 Å². The summed E-state index contributed by atoms with van der Waals surface area (Å²) in [5.74, 6) is -1.49. The molecular weight excluding hydrogens is 852 g/mol. The van der Waals surface area contributed by atoms with E-state index in [0.29, 0.717) is 63.8 Å². The predicted molar refractivity (Wildman–Crippen MR) is 250 cm³/mol. The summed E-state index contributed by atoms with van der Waals surface area (Å²) >= 11 is 0. The normalized spacial score (nSPS) is 21.1. The van der Waals surface area contributed by atoms with E-state index >= 15 is 0 Å². The molecule has 4 aliphatic heterocycles. The number of amides is 6. The lowest BCUT2D eigenvalue weighted by Gasteiger charge is -2.34. The maximum atomic E-state index is 14.1. The van der Waals surface area contributed by atoms with Crippen LogP contribution in [0.3, 0.4) is 0 Å². The number of unbranched alkanes of at least 4 members (excludes halogenated alkanes) is 13. The predicted octanol–water partition coefficient (Wildman–Crippen LogP) is 4.84. The molecule has 0 saturated carbocycles. The molecule has 65 heavy (non-hydrogen) atoms. The molecule has 4 fully saturated rings. The number of piperazine rings is 1. The van der Waals surface area contributed by atoms with Gasteiger partial charge in [-0.05, 0) is 62.8 Å². The number of benzene rings is 1. The van der Waals surface area contributed by atoms with E-state index in [2.05, 4.69) is 42.5 Å². The summed E-state index contributed by atoms with van der Waals surface area (Å²) in [6.07, 6.45) is 22.1. The maximum Gasteiger partial charge on any atom is 0.524 e. The van der Waals surface area contributed by atoms with Crippen LogP contribution in [-0.4, -0.2) is 149 Å². The van der Waals surface area contributed by atoms with Gasteiger partial charge in [-0.1, -0.05) is 103 Å². The summed E-state index contributed by atoms with van der Waals surface area (Å²) in [5, 5.41) is 11.5. The van der Waals surface area contributed by atoms with Crippen LogP contribution in [0.5, 0.6) is 5.75 Å². The molecule has 0 radical (unpaired) electrons. The zero-order chi connectivity index (χ0) is 46.4. The van der Waals surface area contributed by atoms with Crippen molar-refractivity contribution in [3.8, 4) is 5.75 Å².